The topological polar surface area (TPSA) is 36.9 Å². The molecule has 0 N–H and O–H groups in total. The minimum absolute atomic E-state index is 0.00425. The molecule has 1 atom stereocenters. The molecule has 0 bridgehead atoms. The van der Waals surface area contributed by atoms with Gasteiger partial charge in [0, 0.05) is 21.6 Å². The molecular formula is C40H74O4Si6. The van der Waals surface area contributed by atoms with Crippen LogP contribution in [0.3, 0.4) is 0 Å². The Kier molecular flexibility index (Phi) is 13.0. The van der Waals surface area contributed by atoms with E-state index in [-0.39, 0.29) is 16.2 Å². The third-order valence-corrected chi connectivity index (χ3v) is 20.7. The summed E-state index contributed by atoms with van der Waals surface area (Å²) in [6.07, 6.45) is 3.67. The van der Waals surface area contributed by atoms with Crippen molar-refractivity contribution in [1.82, 2.24) is 0 Å². The summed E-state index contributed by atoms with van der Waals surface area (Å²) in [7, 11) is -6.25. The van der Waals surface area contributed by atoms with Gasteiger partial charge in [0.2, 0.25) is 16.6 Å². The monoisotopic (exact) mass is 786 g/mol. The molecule has 4 nitrogen and oxygen atoms in total. The molecule has 4 rings (SSSR count). The van der Waals surface area contributed by atoms with Crippen LogP contribution in [0.1, 0.15) is 62.8 Å². The Morgan fingerprint density at radius 3 is 1.08 bits per heavy atom. The fraction of sp³-hybridized carbons (Fsp3) is 0.700. The van der Waals surface area contributed by atoms with Gasteiger partial charge in [-0.15, -0.1) is 0 Å². The van der Waals surface area contributed by atoms with E-state index in [0.717, 1.165) is 48.3 Å². The minimum atomic E-state index is -1.87. The zero-order valence-electron chi connectivity index (χ0n) is 36.0. The molecule has 2 aliphatic carbocycles. The van der Waals surface area contributed by atoms with Crippen molar-refractivity contribution in [1.29, 1.82) is 0 Å². The van der Waals surface area contributed by atoms with Gasteiger partial charge < -0.3 is 18.3 Å². The van der Waals surface area contributed by atoms with Crippen LogP contribution in [0.15, 0.2) is 24.3 Å². The van der Waals surface area contributed by atoms with Gasteiger partial charge in [-0.3, -0.25) is 0 Å². The first-order chi connectivity index (χ1) is 22.3. The van der Waals surface area contributed by atoms with Crippen LogP contribution in [0.2, 0.25) is 110 Å². The SMILES string of the molecule is C[Si](C)(C)C[Si](C)(C)C.C[Si](C)COc1cc2c(cc1O[Si](C)(C)C)C(C)(C)CC21CC(C)(C)c2cc(OC[Si](C)C)c(O[Si](C)(C)C)cc21. The summed E-state index contributed by atoms with van der Waals surface area (Å²) in [5, 5.41) is 0. The summed E-state index contributed by atoms with van der Waals surface area (Å²) < 4.78 is 26.5. The highest BCUT2D eigenvalue weighted by molar-refractivity contribution is 6.94. The lowest BCUT2D eigenvalue weighted by atomic mass is 9.72. The molecule has 0 saturated heterocycles. The average Bonchev–Trinajstić information content (AvgIpc) is 3.21. The molecular weight excluding hydrogens is 713 g/mol. The van der Waals surface area contributed by atoms with Gasteiger partial charge in [-0.05, 0) is 109 Å². The van der Waals surface area contributed by atoms with Crippen LogP contribution in [0.4, 0.5) is 0 Å². The molecule has 282 valence electrons. The highest BCUT2D eigenvalue weighted by atomic mass is 28.4. The fourth-order valence-corrected chi connectivity index (χ4v) is 23.7. The summed E-state index contributed by atoms with van der Waals surface area (Å²) in [5.74, 6) is 3.69. The number of rotatable bonds is 12. The summed E-state index contributed by atoms with van der Waals surface area (Å²) >= 11 is 0. The Morgan fingerprint density at radius 2 is 0.800 bits per heavy atom. The second kappa shape index (κ2) is 15.0. The number of benzene rings is 2. The molecule has 0 amide bonds. The van der Waals surface area contributed by atoms with E-state index in [2.05, 4.69) is 157 Å². The van der Waals surface area contributed by atoms with E-state index in [0.29, 0.717) is 0 Å². The smallest absolute Gasteiger partial charge is 0.242 e. The van der Waals surface area contributed by atoms with Crippen molar-refractivity contribution in [2.24, 2.45) is 0 Å². The Morgan fingerprint density at radius 1 is 0.500 bits per heavy atom. The minimum Gasteiger partial charge on any atom is -0.542 e. The largest absolute Gasteiger partial charge is 0.542 e. The van der Waals surface area contributed by atoms with Crippen molar-refractivity contribution in [3.8, 4) is 23.0 Å². The fourth-order valence-electron chi connectivity index (χ4n) is 8.40. The van der Waals surface area contributed by atoms with E-state index in [4.69, 9.17) is 18.3 Å². The van der Waals surface area contributed by atoms with Crippen LogP contribution < -0.4 is 18.3 Å². The van der Waals surface area contributed by atoms with E-state index >= 15 is 0 Å². The summed E-state index contributed by atoms with van der Waals surface area (Å²) in [4.78, 5) is 0. The van der Waals surface area contributed by atoms with Gasteiger partial charge in [-0.2, -0.15) is 0 Å². The molecule has 0 heterocycles. The molecule has 0 aliphatic heterocycles. The summed E-state index contributed by atoms with van der Waals surface area (Å²) in [6.45, 7) is 47.2. The third kappa shape index (κ3) is 11.5. The zero-order valence-corrected chi connectivity index (χ0v) is 42.0. The van der Waals surface area contributed by atoms with Crippen molar-refractivity contribution in [3.05, 3.63) is 46.5 Å². The average molecular weight is 788 g/mol. The lowest BCUT2D eigenvalue weighted by Gasteiger charge is -2.31. The first kappa shape index (κ1) is 43.3. The van der Waals surface area contributed by atoms with Gasteiger partial charge in [-0.1, -0.05) is 98.8 Å². The molecule has 0 fully saturated rings. The third-order valence-electron chi connectivity index (χ3n) is 9.07. The van der Waals surface area contributed by atoms with Gasteiger partial charge in [0.15, 0.2) is 11.5 Å². The van der Waals surface area contributed by atoms with Crippen LogP contribution in [0.5, 0.6) is 23.0 Å². The van der Waals surface area contributed by atoms with Crippen molar-refractivity contribution >= 4 is 50.4 Å². The molecule has 2 aliphatic rings. The normalized spacial score (nSPS) is 19.6. The molecule has 2 radical (unpaired) electrons. The predicted molar refractivity (Wildman–Crippen MR) is 234 cm³/mol. The number of hydrogen-bond acceptors (Lipinski definition) is 4. The molecule has 1 spiro atoms. The van der Waals surface area contributed by atoms with E-state index in [1.807, 2.05) is 0 Å². The van der Waals surface area contributed by atoms with E-state index in [1.165, 1.54) is 22.3 Å². The van der Waals surface area contributed by atoms with E-state index in [9.17, 15) is 0 Å². The maximum atomic E-state index is 6.75. The molecule has 2 aromatic carbocycles. The van der Waals surface area contributed by atoms with Gasteiger partial charge in [0.1, 0.15) is 11.5 Å². The second-order valence-corrected chi connectivity index (χ2v) is 47.5. The molecule has 1 unspecified atom stereocenters. The standard InChI is InChI=1S/C33H54O4Si4.C7H20Si2/c1-31(2)19-33(26-18-30(37-41(12,13)14)27(15-23(26)31)34-21-38(5)6)20-32(3,4)24-16-29(36-40(9,10)11)28(17-25(24)33)35-22-39(7)8;1-8(2,3)7-9(4,5)6/h15-18H,19-22H2,1-14H3;7H2,1-6H3. The van der Waals surface area contributed by atoms with Crippen molar-refractivity contribution < 1.29 is 18.3 Å². The van der Waals surface area contributed by atoms with Gasteiger partial charge in [0.05, 0.1) is 30.1 Å². The Bertz CT molecular complexity index is 1480. The second-order valence-electron chi connectivity index (χ2n) is 21.6. The van der Waals surface area contributed by atoms with Crippen LogP contribution in [0.25, 0.3) is 0 Å². The summed E-state index contributed by atoms with van der Waals surface area (Å²) in [6, 6.07) is 9.40. The Balaban J connectivity index is 0.000000661. The zero-order chi connectivity index (χ0) is 38.5. The van der Waals surface area contributed by atoms with Crippen LogP contribution in [-0.4, -0.2) is 62.8 Å². The maximum Gasteiger partial charge on any atom is 0.242 e. The highest BCUT2D eigenvalue weighted by Crippen LogP contribution is 2.65. The predicted octanol–water partition coefficient (Wildman–Crippen LogP) is 12.3. The quantitative estimate of drug-likeness (QED) is 0.201. The first-order valence-electron chi connectivity index (χ1n) is 18.9. The first-order valence-corrected chi connectivity index (χ1v) is 38.6. The molecule has 50 heavy (non-hydrogen) atoms. The summed E-state index contributed by atoms with van der Waals surface area (Å²) in [5.41, 5.74) is 7.09. The van der Waals surface area contributed by atoms with Crippen LogP contribution in [-0.2, 0) is 16.2 Å². The van der Waals surface area contributed by atoms with Crippen molar-refractivity contribution in [3.63, 3.8) is 0 Å². The van der Waals surface area contributed by atoms with Gasteiger partial charge >= 0.3 is 0 Å². The van der Waals surface area contributed by atoms with Gasteiger partial charge in [-0.25, -0.2) is 0 Å². The number of ether oxygens (including phenoxy) is 2. The van der Waals surface area contributed by atoms with Gasteiger partial charge in [0.25, 0.3) is 0 Å². The van der Waals surface area contributed by atoms with E-state index < -0.39 is 50.4 Å². The lowest BCUT2D eigenvalue weighted by molar-refractivity contribution is 0.347. The van der Waals surface area contributed by atoms with E-state index in [1.54, 1.807) is 5.67 Å². The molecule has 10 heteroatoms. The highest BCUT2D eigenvalue weighted by Gasteiger charge is 2.57. The Labute approximate surface area is 316 Å². The van der Waals surface area contributed by atoms with Crippen molar-refractivity contribution in [2.75, 3.05) is 12.5 Å². The molecule has 0 aromatic heterocycles. The Hall–Kier alpha value is -1.06. The number of hydrogen-bond donors (Lipinski definition) is 0. The number of fused-ring (bicyclic) bond motifs is 4. The molecule has 2 aromatic rings. The maximum absolute atomic E-state index is 6.75. The van der Waals surface area contributed by atoms with Crippen LogP contribution in [0, 0.1) is 0 Å². The van der Waals surface area contributed by atoms with Crippen LogP contribution >= 0.6 is 0 Å². The lowest BCUT2D eigenvalue weighted by Crippen LogP contribution is -2.34. The molecule has 0 saturated carbocycles. The van der Waals surface area contributed by atoms with Crippen molar-refractivity contribution in [2.45, 2.75) is 167 Å².